The average molecular weight is 306 g/mol. The van der Waals surface area contributed by atoms with Crippen LogP contribution in [0.3, 0.4) is 0 Å². The molecule has 0 aliphatic heterocycles. The molecule has 1 atom stereocenters. The number of hydrogen-bond donors (Lipinski definition) is 2. The molecule has 0 spiro atoms. The lowest BCUT2D eigenvalue weighted by atomic mass is 10.0. The molecular weight excluding hydrogens is 280 g/mol. The second kappa shape index (κ2) is 7.87. The molecule has 116 valence electrons. The van der Waals surface area contributed by atoms with Crippen LogP contribution >= 0.6 is 12.2 Å². The molecule has 3 N–H and O–H groups in total. The number of hydrogen-bond acceptors (Lipinski definition) is 3. The molecule has 1 unspecified atom stereocenters. The molecule has 1 fully saturated rings. The highest BCUT2D eigenvalue weighted by atomic mass is 32.1. The molecule has 0 bridgehead atoms. The molecule has 1 aromatic rings. The molecule has 0 heterocycles. The van der Waals surface area contributed by atoms with Crippen molar-refractivity contribution >= 4 is 17.2 Å². The fourth-order valence-electron chi connectivity index (χ4n) is 3.10. The number of likely N-dealkylation sites (N-methyl/N-ethyl adjacent to an activating group) is 1. The van der Waals surface area contributed by atoms with E-state index < -0.39 is 6.10 Å². The van der Waals surface area contributed by atoms with Gasteiger partial charge in [0.25, 0.3) is 0 Å². The Kier molecular flexibility index (Phi) is 6.15. The van der Waals surface area contributed by atoms with E-state index in [2.05, 4.69) is 11.9 Å². The van der Waals surface area contributed by atoms with Gasteiger partial charge in [0.05, 0.1) is 6.10 Å². The van der Waals surface area contributed by atoms with Crippen molar-refractivity contribution in [2.45, 2.75) is 50.7 Å². The van der Waals surface area contributed by atoms with E-state index in [1.807, 2.05) is 24.3 Å². The van der Waals surface area contributed by atoms with E-state index >= 15 is 0 Å². The lowest BCUT2D eigenvalue weighted by molar-refractivity contribution is 0.0990. The monoisotopic (exact) mass is 306 g/mol. The van der Waals surface area contributed by atoms with Gasteiger partial charge in [-0.25, -0.2) is 0 Å². The van der Waals surface area contributed by atoms with Gasteiger partial charge >= 0.3 is 0 Å². The molecule has 0 aromatic heterocycles. The van der Waals surface area contributed by atoms with Crippen LogP contribution in [-0.4, -0.2) is 34.6 Å². The fraction of sp³-hybridized carbons (Fsp3) is 0.588. The van der Waals surface area contributed by atoms with Gasteiger partial charge in [-0.1, -0.05) is 62.2 Å². The van der Waals surface area contributed by atoms with Crippen molar-refractivity contribution in [2.24, 2.45) is 5.73 Å². The summed E-state index contributed by atoms with van der Waals surface area (Å²) in [5.74, 6) is 0. The van der Waals surface area contributed by atoms with Crippen LogP contribution in [0, 0.1) is 0 Å². The maximum atomic E-state index is 10.4. The number of benzene rings is 1. The first-order valence-electron chi connectivity index (χ1n) is 7.86. The van der Waals surface area contributed by atoms with E-state index in [1.165, 1.54) is 38.5 Å². The molecule has 1 saturated carbocycles. The first kappa shape index (κ1) is 16.4. The van der Waals surface area contributed by atoms with E-state index in [0.29, 0.717) is 17.6 Å². The maximum Gasteiger partial charge on any atom is 0.103 e. The van der Waals surface area contributed by atoms with Gasteiger partial charge in [-0.3, -0.25) is 0 Å². The minimum atomic E-state index is -0.460. The molecule has 0 saturated heterocycles. The number of aliphatic hydroxyl groups excluding tert-OH is 1. The third-order valence-corrected chi connectivity index (χ3v) is 4.72. The van der Waals surface area contributed by atoms with E-state index in [9.17, 15) is 5.11 Å². The van der Waals surface area contributed by atoms with Crippen molar-refractivity contribution in [3.05, 3.63) is 35.4 Å². The van der Waals surface area contributed by atoms with Crippen molar-refractivity contribution in [3.63, 3.8) is 0 Å². The molecule has 1 aliphatic rings. The normalized spacial score (nSPS) is 18.4. The van der Waals surface area contributed by atoms with Crippen LogP contribution in [0.1, 0.15) is 55.8 Å². The summed E-state index contributed by atoms with van der Waals surface area (Å²) in [6, 6.07) is 8.21. The summed E-state index contributed by atoms with van der Waals surface area (Å²) in [7, 11) is 2.13. The second-order valence-electron chi connectivity index (χ2n) is 6.09. The Hall–Kier alpha value is -0.970. The predicted octanol–water partition coefficient (Wildman–Crippen LogP) is 3.01. The van der Waals surface area contributed by atoms with Gasteiger partial charge < -0.3 is 15.7 Å². The van der Waals surface area contributed by atoms with Crippen LogP contribution in [0.25, 0.3) is 0 Å². The van der Waals surface area contributed by atoms with Gasteiger partial charge in [0.1, 0.15) is 4.99 Å². The number of aliphatic hydroxyl groups is 1. The number of nitrogens with zero attached hydrogens (tertiary/aromatic N) is 1. The Morgan fingerprint density at radius 3 is 2.33 bits per heavy atom. The van der Waals surface area contributed by atoms with Crippen molar-refractivity contribution < 1.29 is 5.11 Å². The molecule has 1 aliphatic carbocycles. The minimum absolute atomic E-state index is 0.395. The van der Waals surface area contributed by atoms with Crippen molar-refractivity contribution in [2.75, 3.05) is 13.6 Å². The highest BCUT2D eigenvalue weighted by Crippen LogP contribution is 2.23. The summed E-state index contributed by atoms with van der Waals surface area (Å²) >= 11 is 4.95. The second-order valence-corrected chi connectivity index (χ2v) is 6.53. The van der Waals surface area contributed by atoms with Crippen molar-refractivity contribution in [1.82, 2.24) is 4.90 Å². The Labute approximate surface area is 133 Å². The summed E-state index contributed by atoms with van der Waals surface area (Å²) in [4.78, 5) is 2.71. The molecule has 0 amide bonds. The smallest absolute Gasteiger partial charge is 0.103 e. The molecule has 21 heavy (non-hydrogen) atoms. The summed E-state index contributed by atoms with van der Waals surface area (Å²) in [6.45, 7) is 0.678. The molecule has 2 rings (SSSR count). The topological polar surface area (TPSA) is 49.5 Å². The van der Waals surface area contributed by atoms with Crippen LogP contribution in [0.5, 0.6) is 0 Å². The van der Waals surface area contributed by atoms with Gasteiger partial charge in [0.2, 0.25) is 0 Å². The Bertz CT molecular complexity index is 452. The van der Waals surface area contributed by atoms with Crippen LogP contribution in [0.2, 0.25) is 0 Å². The van der Waals surface area contributed by atoms with Crippen LogP contribution in [0.15, 0.2) is 24.3 Å². The fourth-order valence-corrected chi connectivity index (χ4v) is 3.23. The molecule has 4 heteroatoms. The first-order valence-corrected chi connectivity index (χ1v) is 8.27. The van der Waals surface area contributed by atoms with Crippen molar-refractivity contribution in [3.8, 4) is 0 Å². The van der Waals surface area contributed by atoms with Gasteiger partial charge in [0, 0.05) is 18.2 Å². The zero-order chi connectivity index (χ0) is 15.2. The average Bonchev–Trinajstić information content (AvgIpc) is 2.76. The molecular formula is C17H26N2OS. The largest absolute Gasteiger partial charge is 0.389 e. The van der Waals surface area contributed by atoms with E-state index in [4.69, 9.17) is 18.0 Å². The van der Waals surface area contributed by atoms with E-state index in [-0.39, 0.29) is 0 Å². The lowest BCUT2D eigenvalue weighted by Crippen LogP contribution is -2.34. The van der Waals surface area contributed by atoms with Gasteiger partial charge in [0.15, 0.2) is 0 Å². The lowest BCUT2D eigenvalue weighted by Gasteiger charge is -2.29. The van der Waals surface area contributed by atoms with Gasteiger partial charge in [-0.05, 0) is 25.5 Å². The summed E-state index contributed by atoms with van der Waals surface area (Å²) in [5, 5.41) is 10.4. The van der Waals surface area contributed by atoms with Crippen LogP contribution in [-0.2, 0) is 0 Å². The highest BCUT2D eigenvalue weighted by molar-refractivity contribution is 7.80. The zero-order valence-corrected chi connectivity index (χ0v) is 13.6. The van der Waals surface area contributed by atoms with Gasteiger partial charge in [-0.15, -0.1) is 0 Å². The Morgan fingerprint density at radius 2 is 1.81 bits per heavy atom. The predicted molar refractivity (Wildman–Crippen MR) is 91.4 cm³/mol. The molecule has 1 aromatic carbocycles. The van der Waals surface area contributed by atoms with Gasteiger partial charge in [-0.2, -0.15) is 0 Å². The number of nitrogens with two attached hydrogens (primary N) is 1. The summed E-state index contributed by atoms with van der Waals surface area (Å²) < 4.78 is 0. The summed E-state index contributed by atoms with van der Waals surface area (Å²) in [5.41, 5.74) is 7.37. The molecule has 0 radical (unpaired) electrons. The summed E-state index contributed by atoms with van der Waals surface area (Å²) in [6.07, 6.45) is 7.38. The Morgan fingerprint density at radius 1 is 1.24 bits per heavy atom. The number of thiocarbonyl (C=S) groups is 1. The SMILES string of the molecule is CN(CC(O)c1ccc(C(N)=S)cc1)C1CCCCCC1. The molecule has 3 nitrogen and oxygen atoms in total. The van der Waals surface area contributed by atoms with Crippen LogP contribution in [0.4, 0.5) is 0 Å². The quantitative estimate of drug-likeness (QED) is 0.648. The third-order valence-electron chi connectivity index (χ3n) is 4.49. The zero-order valence-electron chi connectivity index (χ0n) is 12.8. The highest BCUT2D eigenvalue weighted by Gasteiger charge is 2.19. The standard InChI is InChI=1S/C17H26N2OS/c1-19(15-6-4-2-3-5-7-15)12-16(20)13-8-10-14(11-9-13)17(18)21/h8-11,15-16,20H,2-7,12H2,1H3,(H2,18,21). The first-order chi connectivity index (χ1) is 10.1. The third kappa shape index (κ3) is 4.77. The minimum Gasteiger partial charge on any atom is -0.389 e. The number of rotatable bonds is 5. The van der Waals surface area contributed by atoms with E-state index in [1.54, 1.807) is 0 Å². The van der Waals surface area contributed by atoms with Crippen LogP contribution < -0.4 is 5.73 Å². The van der Waals surface area contributed by atoms with Crippen molar-refractivity contribution in [1.29, 1.82) is 0 Å². The maximum absolute atomic E-state index is 10.4. The van der Waals surface area contributed by atoms with E-state index in [0.717, 1.165) is 11.1 Å². The Balaban J connectivity index is 1.93.